The Kier molecular flexibility index (Phi) is 5.69. The maximum Gasteiger partial charge on any atom is 0.283 e. The maximum atomic E-state index is 13.2. The fourth-order valence-electron chi connectivity index (χ4n) is 3.47. The van der Waals surface area contributed by atoms with E-state index in [4.69, 9.17) is 0 Å². The summed E-state index contributed by atoms with van der Waals surface area (Å²) in [4.78, 5) is 33.6. The molecule has 7 heteroatoms. The van der Waals surface area contributed by atoms with Crippen molar-refractivity contribution in [1.82, 2.24) is 14.5 Å². The number of benzene rings is 2. The van der Waals surface area contributed by atoms with Crippen molar-refractivity contribution in [1.29, 1.82) is 0 Å². The van der Waals surface area contributed by atoms with Gasteiger partial charge in [0.1, 0.15) is 5.52 Å². The molecule has 31 heavy (non-hydrogen) atoms. The molecule has 4 aromatic rings. The summed E-state index contributed by atoms with van der Waals surface area (Å²) in [5.41, 5.74) is 6.51. The van der Waals surface area contributed by atoms with Gasteiger partial charge in [0.15, 0.2) is 5.16 Å². The lowest BCUT2D eigenvalue weighted by molar-refractivity contribution is -0.113. The molecule has 0 aliphatic heterocycles. The summed E-state index contributed by atoms with van der Waals surface area (Å²) in [6.45, 7) is 7.87. The number of carbonyl (C=O) groups excluding carboxylic acids is 1. The van der Waals surface area contributed by atoms with Crippen LogP contribution in [-0.2, 0) is 4.79 Å². The van der Waals surface area contributed by atoms with Crippen LogP contribution in [0.5, 0.6) is 0 Å². The molecule has 0 spiro atoms. The van der Waals surface area contributed by atoms with Gasteiger partial charge in [-0.25, -0.2) is 4.98 Å². The predicted octanol–water partition coefficient (Wildman–Crippen LogP) is 4.68. The van der Waals surface area contributed by atoms with Crippen molar-refractivity contribution in [2.75, 3.05) is 11.1 Å². The van der Waals surface area contributed by atoms with Gasteiger partial charge in [0.2, 0.25) is 5.91 Å². The molecule has 2 N–H and O–H groups in total. The smallest absolute Gasteiger partial charge is 0.283 e. The number of anilines is 1. The number of H-pyrrole nitrogens is 1. The molecule has 0 unspecified atom stereocenters. The minimum Gasteiger partial charge on any atom is -0.353 e. The molecular weight excluding hydrogens is 408 g/mol. The van der Waals surface area contributed by atoms with Gasteiger partial charge in [0.05, 0.1) is 17.0 Å². The topological polar surface area (TPSA) is 79.8 Å². The van der Waals surface area contributed by atoms with Gasteiger partial charge in [0.25, 0.3) is 5.56 Å². The normalized spacial score (nSPS) is 11.1. The fraction of sp³-hybridized carbons (Fsp3) is 0.208. The van der Waals surface area contributed by atoms with Crippen LogP contribution in [0, 0.1) is 27.7 Å². The van der Waals surface area contributed by atoms with Gasteiger partial charge >= 0.3 is 0 Å². The number of nitrogens with one attached hydrogen (secondary N) is 2. The molecule has 4 rings (SSSR count). The van der Waals surface area contributed by atoms with Crippen LogP contribution in [-0.4, -0.2) is 26.2 Å². The quantitative estimate of drug-likeness (QED) is 0.355. The zero-order valence-electron chi connectivity index (χ0n) is 17.9. The average molecular weight is 433 g/mol. The summed E-state index contributed by atoms with van der Waals surface area (Å²) in [6.07, 6.45) is 0. The van der Waals surface area contributed by atoms with E-state index in [9.17, 15) is 9.59 Å². The molecule has 2 aromatic heterocycles. The third kappa shape index (κ3) is 4.41. The third-order valence-electron chi connectivity index (χ3n) is 5.04. The standard InChI is InChI=1S/C24H24N4O2S/c1-14-5-8-18(9-6-14)28-23(30)22-20(12-17(4)25-22)27-24(28)31-13-21(29)26-19-10-7-15(2)11-16(19)3/h5-12,25H,13H2,1-4H3,(H,26,29). The lowest BCUT2D eigenvalue weighted by Crippen LogP contribution is -2.23. The van der Waals surface area contributed by atoms with E-state index < -0.39 is 0 Å². The average Bonchev–Trinajstić information content (AvgIpc) is 3.10. The van der Waals surface area contributed by atoms with E-state index in [2.05, 4.69) is 15.3 Å². The van der Waals surface area contributed by atoms with Gasteiger partial charge in [-0.15, -0.1) is 0 Å². The van der Waals surface area contributed by atoms with Crippen LogP contribution in [0.1, 0.15) is 22.4 Å². The summed E-state index contributed by atoms with van der Waals surface area (Å²) in [6, 6.07) is 15.4. The highest BCUT2D eigenvalue weighted by molar-refractivity contribution is 7.99. The van der Waals surface area contributed by atoms with Crippen molar-refractivity contribution in [2.45, 2.75) is 32.9 Å². The lowest BCUT2D eigenvalue weighted by Gasteiger charge is -2.13. The summed E-state index contributed by atoms with van der Waals surface area (Å²) in [5.74, 6) is -0.00688. The monoisotopic (exact) mass is 432 g/mol. The molecule has 0 saturated carbocycles. The molecule has 158 valence electrons. The van der Waals surface area contributed by atoms with Gasteiger partial charge < -0.3 is 10.3 Å². The van der Waals surface area contributed by atoms with Crippen LogP contribution in [0.2, 0.25) is 0 Å². The molecule has 0 fully saturated rings. The molecule has 1 amide bonds. The van der Waals surface area contributed by atoms with Gasteiger partial charge in [-0.05, 0) is 57.5 Å². The third-order valence-corrected chi connectivity index (χ3v) is 5.97. The van der Waals surface area contributed by atoms with Crippen molar-refractivity contribution < 1.29 is 4.79 Å². The zero-order chi connectivity index (χ0) is 22.1. The second-order valence-electron chi connectivity index (χ2n) is 7.74. The lowest BCUT2D eigenvalue weighted by atomic mass is 10.1. The first-order chi connectivity index (χ1) is 14.8. The number of hydrogen-bond donors (Lipinski definition) is 2. The van der Waals surface area contributed by atoms with Gasteiger partial charge in [-0.3, -0.25) is 14.2 Å². The zero-order valence-corrected chi connectivity index (χ0v) is 18.8. The summed E-state index contributed by atoms with van der Waals surface area (Å²) in [5, 5.41) is 3.43. The number of rotatable bonds is 5. The predicted molar refractivity (Wildman–Crippen MR) is 126 cm³/mol. The number of nitrogens with zero attached hydrogens (tertiary/aromatic N) is 2. The number of hydrogen-bond acceptors (Lipinski definition) is 4. The molecule has 2 aromatic carbocycles. The Labute approximate surface area is 184 Å². The Balaban J connectivity index is 1.66. The maximum absolute atomic E-state index is 13.2. The van der Waals surface area contributed by atoms with E-state index in [1.54, 1.807) is 4.57 Å². The number of fused-ring (bicyclic) bond motifs is 1. The van der Waals surface area contributed by atoms with Crippen LogP contribution in [0.3, 0.4) is 0 Å². The number of carbonyl (C=O) groups is 1. The van der Waals surface area contributed by atoms with Crippen LogP contribution in [0.25, 0.3) is 16.7 Å². The Hall–Kier alpha value is -3.32. The summed E-state index contributed by atoms with van der Waals surface area (Å²) >= 11 is 1.25. The highest BCUT2D eigenvalue weighted by Gasteiger charge is 2.16. The Morgan fingerprint density at radius 1 is 1.03 bits per heavy atom. The van der Waals surface area contributed by atoms with Crippen molar-refractivity contribution in [3.63, 3.8) is 0 Å². The minimum atomic E-state index is -0.181. The van der Waals surface area contributed by atoms with Crippen molar-refractivity contribution in [2.24, 2.45) is 0 Å². The molecule has 0 aliphatic rings. The van der Waals surface area contributed by atoms with E-state index >= 15 is 0 Å². The molecule has 2 heterocycles. The number of aromatic amines is 1. The van der Waals surface area contributed by atoms with Crippen LogP contribution < -0.4 is 10.9 Å². The van der Waals surface area contributed by atoms with Crippen LogP contribution >= 0.6 is 11.8 Å². The van der Waals surface area contributed by atoms with E-state index in [1.165, 1.54) is 11.8 Å². The second kappa shape index (κ2) is 8.43. The van der Waals surface area contributed by atoms with Crippen molar-refractivity contribution in [3.8, 4) is 5.69 Å². The Morgan fingerprint density at radius 2 is 1.74 bits per heavy atom. The molecule has 0 bridgehead atoms. The Morgan fingerprint density at radius 3 is 2.45 bits per heavy atom. The molecule has 6 nitrogen and oxygen atoms in total. The highest BCUT2D eigenvalue weighted by atomic mass is 32.2. The SMILES string of the molecule is Cc1ccc(-n2c(SCC(=O)Nc3ccc(C)cc3C)nc3cc(C)[nH]c3c2=O)cc1. The molecule has 0 saturated heterocycles. The Bertz CT molecular complexity index is 1340. The van der Waals surface area contributed by atoms with Gasteiger partial charge in [-0.1, -0.05) is 47.2 Å². The van der Waals surface area contributed by atoms with Crippen LogP contribution in [0.4, 0.5) is 5.69 Å². The molecular formula is C24H24N4O2S. The number of aryl methyl sites for hydroxylation is 4. The van der Waals surface area contributed by atoms with E-state index in [0.717, 1.165) is 33.8 Å². The van der Waals surface area contributed by atoms with Gasteiger partial charge in [0, 0.05) is 11.4 Å². The highest BCUT2D eigenvalue weighted by Crippen LogP contribution is 2.23. The second-order valence-corrected chi connectivity index (χ2v) is 8.68. The first-order valence-electron chi connectivity index (χ1n) is 10.0. The minimum absolute atomic E-state index is 0.139. The molecule has 0 atom stereocenters. The molecule has 0 aliphatic carbocycles. The van der Waals surface area contributed by atoms with Crippen molar-refractivity contribution >= 4 is 34.4 Å². The summed E-state index contributed by atoms with van der Waals surface area (Å²) < 4.78 is 1.56. The number of aromatic nitrogens is 3. The number of thioether (sulfide) groups is 1. The largest absolute Gasteiger partial charge is 0.353 e. The summed E-state index contributed by atoms with van der Waals surface area (Å²) in [7, 11) is 0. The number of amides is 1. The fourth-order valence-corrected chi connectivity index (χ4v) is 4.28. The van der Waals surface area contributed by atoms with E-state index in [0.29, 0.717) is 16.2 Å². The van der Waals surface area contributed by atoms with Gasteiger partial charge in [-0.2, -0.15) is 0 Å². The first-order valence-corrected chi connectivity index (χ1v) is 11.0. The van der Waals surface area contributed by atoms with E-state index in [1.807, 2.05) is 76.2 Å². The first kappa shape index (κ1) is 20.9. The van der Waals surface area contributed by atoms with Crippen molar-refractivity contribution in [3.05, 3.63) is 81.3 Å². The van der Waals surface area contributed by atoms with E-state index in [-0.39, 0.29) is 17.2 Å². The molecule has 0 radical (unpaired) electrons. The van der Waals surface area contributed by atoms with Crippen LogP contribution in [0.15, 0.2) is 58.5 Å².